The maximum Gasteiger partial charge on any atom is 0.155 e. The Morgan fingerprint density at radius 1 is 1.60 bits per heavy atom. The van der Waals surface area contributed by atoms with Crippen LogP contribution >= 0.6 is 0 Å². The van der Waals surface area contributed by atoms with Gasteiger partial charge in [0, 0.05) is 32.5 Å². The molecule has 1 aromatic heterocycles. The second-order valence-corrected chi connectivity index (χ2v) is 4.50. The van der Waals surface area contributed by atoms with Crippen LogP contribution in [0.2, 0.25) is 0 Å². The molecule has 0 saturated carbocycles. The summed E-state index contributed by atoms with van der Waals surface area (Å²) in [6.07, 6.45) is 6.40. The molecule has 0 bridgehead atoms. The third kappa shape index (κ3) is 2.06. The van der Waals surface area contributed by atoms with Gasteiger partial charge in [-0.1, -0.05) is 13.5 Å². The van der Waals surface area contributed by atoms with Crippen molar-refractivity contribution in [2.75, 3.05) is 13.1 Å². The smallest absolute Gasteiger partial charge is 0.155 e. The van der Waals surface area contributed by atoms with Crippen LogP contribution in [0.3, 0.4) is 0 Å². The Balaban J connectivity index is 2.11. The molecule has 0 aliphatic carbocycles. The summed E-state index contributed by atoms with van der Waals surface area (Å²) >= 11 is 0. The summed E-state index contributed by atoms with van der Waals surface area (Å²) in [5, 5.41) is 0. The van der Waals surface area contributed by atoms with Gasteiger partial charge < -0.3 is 9.47 Å². The molecule has 1 aromatic rings. The molecule has 1 aliphatic rings. The number of piperidine rings is 1. The van der Waals surface area contributed by atoms with E-state index in [1.165, 1.54) is 12.8 Å². The van der Waals surface area contributed by atoms with Crippen LogP contribution in [-0.4, -0.2) is 27.5 Å². The standard InChI is InChI=1S/C12H19N3/c1-10-5-4-7-15(9-10)11(2)12-13-6-8-14(12)3/h6,8,10H,2,4-5,7,9H2,1,3H3. The molecule has 0 N–H and O–H groups in total. The summed E-state index contributed by atoms with van der Waals surface area (Å²) in [7, 11) is 2.01. The van der Waals surface area contributed by atoms with E-state index in [-0.39, 0.29) is 0 Å². The van der Waals surface area contributed by atoms with Gasteiger partial charge in [-0.3, -0.25) is 0 Å². The van der Waals surface area contributed by atoms with Gasteiger partial charge in [-0.25, -0.2) is 4.98 Å². The van der Waals surface area contributed by atoms with Crippen LogP contribution in [0.1, 0.15) is 25.6 Å². The molecule has 1 unspecified atom stereocenters. The van der Waals surface area contributed by atoms with E-state index in [0.717, 1.165) is 30.5 Å². The van der Waals surface area contributed by atoms with Crippen LogP contribution in [0.4, 0.5) is 0 Å². The highest BCUT2D eigenvalue weighted by molar-refractivity contribution is 5.55. The van der Waals surface area contributed by atoms with E-state index >= 15 is 0 Å². The Morgan fingerprint density at radius 3 is 3.00 bits per heavy atom. The first-order chi connectivity index (χ1) is 7.18. The highest BCUT2D eigenvalue weighted by Crippen LogP contribution is 2.23. The van der Waals surface area contributed by atoms with Gasteiger partial charge >= 0.3 is 0 Å². The van der Waals surface area contributed by atoms with E-state index in [1.807, 2.05) is 24.0 Å². The maximum atomic E-state index is 4.34. The summed E-state index contributed by atoms with van der Waals surface area (Å²) in [5.41, 5.74) is 1.06. The highest BCUT2D eigenvalue weighted by Gasteiger charge is 2.19. The Kier molecular flexibility index (Phi) is 2.80. The van der Waals surface area contributed by atoms with Crippen LogP contribution in [0.5, 0.6) is 0 Å². The molecule has 0 radical (unpaired) electrons. The fraction of sp³-hybridized carbons (Fsp3) is 0.583. The molecule has 1 atom stereocenters. The average molecular weight is 205 g/mol. The van der Waals surface area contributed by atoms with Gasteiger partial charge in [-0.2, -0.15) is 0 Å². The van der Waals surface area contributed by atoms with Gasteiger partial charge in [-0.05, 0) is 18.8 Å². The first-order valence-corrected chi connectivity index (χ1v) is 5.60. The number of aromatic nitrogens is 2. The van der Waals surface area contributed by atoms with E-state index in [2.05, 4.69) is 23.4 Å². The van der Waals surface area contributed by atoms with Crippen molar-refractivity contribution in [3.63, 3.8) is 0 Å². The topological polar surface area (TPSA) is 21.1 Å². The number of hydrogen-bond donors (Lipinski definition) is 0. The summed E-state index contributed by atoms with van der Waals surface area (Å²) in [4.78, 5) is 6.70. The maximum absolute atomic E-state index is 4.34. The second-order valence-electron chi connectivity index (χ2n) is 4.50. The van der Waals surface area contributed by atoms with Crippen molar-refractivity contribution in [2.45, 2.75) is 19.8 Å². The molecule has 3 nitrogen and oxygen atoms in total. The molecule has 3 heteroatoms. The number of hydrogen-bond acceptors (Lipinski definition) is 2. The van der Waals surface area contributed by atoms with Gasteiger partial charge in [-0.15, -0.1) is 0 Å². The molecule has 0 aromatic carbocycles. The van der Waals surface area contributed by atoms with Crippen molar-refractivity contribution in [1.29, 1.82) is 0 Å². The predicted molar refractivity (Wildman–Crippen MR) is 62.2 cm³/mol. The summed E-state index contributed by atoms with van der Waals surface area (Å²) in [6, 6.07) is 0. The van der Waals surface area contributed by atoms with Crippen molar-refractivity contribution in [3.8, 4) is 0 Å². The Hall–Kier alpha value is -1.25. The van der Waals surface area contributed by atoms with Gasteiger partial charge in [0.2, 0.25) is 0 Å². The minimum atomic E-state index is 0.774. The molecule has 82 valence electrons. The normalized spacial score (nSPS) is 21.7. The molecule has 2 rings (SSSR count). The molecule has 15 heavy (non-hydrogen) atoms. The number of aryl methyl sites for hydroxylation is 1. The quantitative estimate of drug-likeness (QED) is 0.737. The highest BCUT2D eigenvalue weighted by atomic mass is 15.2. The first-order valence-electron chi connectivity index (χ1n) is 5.60. The summed E-state index contributed by atoms with van der Waals surface area (Å²) in [5.74, 6) is 1.76. The lowest BCUT2D eigenvalue weighted by molar-refractivity contribution is 0.259. The molecule has 2 heterocycles. The van der Waals surface area contributed by atoms with Gasteiger partial charge in [0.25, 0.3) is 0 Å². The molecule has 1 saturated heterocycles. The van der Waals surface area contributed by atoms with Crippen LogP contribution < -0.4 is 0 Å². The molecular weight excluding hydrogens is 186 g/mol. The third-order valence-electron chi connectivity index (χ3n) is 3.12. The number of imidazole rings is 1. The third-order valence-corrected chi connectivity index (χ3v) is 3.12. The van der Waals surface area contributed by atoms with Crippen LogP contribution in [0.25, 0.3) is 5.70 Å². The van der Waals surface area contributed by atoms with E-state index in [4.69, 9.17) is 0 Å². The lowest BCUT2D eigenvalue weighted by atomic mass is 10.00. The van der Waals surface area contributed by atoms with Gasteiger partial charge in [0.15, 0.2) is 5.82 Å². The van der Waals surface area contributed by atoms with Crippen molar-refractivity contribution in [1.82, 2.24) is 14.5 Å². The lowest BCUT2D eigenvalue weighted by Gasteiger charge is -2.33. The molecule has 1 fully saturated rings. The second kappa shape index (κ2) is 4.09. The van der Waals surface area contributed by atoms with Crippen LogP contribution in [-0.2, 0) is 7.05 Å². The van der Waals surface area contributed by atoms with E-state index in [1.54, 1.807) is 0 Å². The SMILES string of the molecule is C=C(c1nccn1C)N1CCCC(C)C1. The molecular formula is C12H19N3. The summed E-state index contributed by atoms with van der Waals surface area (Å²) < 4.78 is 2.03. The fourth-order valence-electron chi connectivity index (χ4n) is 2.22. The van der Waals surface area contributed by atoms with E-state index < -0.39 is 0 Å². The molecule has 0 amide bonds. The Labute approximate surface area is 91.4 Å². The zero-order valence-electron chi connectivity index (χ0n) is 9.61. The monoisotopic (exact) mass is 205 g/mol. The van der Waals surface area contributed by atoms with Crippen molar-refractivity contribution in [3.05, 3.63) is 24.8 Å². The zero-order valence-corrected chi connectivity index (χ0v) is 9.61. The van der Waals surface area contributed by atoms with Crippen molar-refractivity contribution in [2.24, 2.45) is 13.0 Å². The molecule has 0 spiro atoms. The van der Waals surface area contributed by atoms with Crippen molar-refractivity contribution >= 4 is 5.70 Å². The largest absolute Gasteiger partial charge is 0.369 e. The van der Waals surface area contributed by atoms with Gasteiger partial charge in [0.1, 0.15) is 0 Å². The number of likely N-dealkylation sites (tertiary alicyclic amines) is 1. The number of rotatable bonds is 2. The minimum Gasteiger partial charge on any atom is -0.369 e. The van der Waals surface area contributed by atoms with E-state index in [0.29, 0.717) is 0 Å². The Morgan fingerprint density at radius 2 is 2.40 bits per heavy atom. The van der Waals surface area contributed by atoms with E-state index in [9.17, 15) is 0 Å². The average Bonchev–Trinajstić information content (AvgIpc) is 2.63. The minimum absolute atomic E-state index is 0.774. The summed E-state index contributed by atoms with van der Waals surface area (Å²) in [6.45, 7) is 8.70. The lowest BCUT2D eigenvalue weighted by Crippen LogP contribution is -2.33. The number of nitrogens with zero attached hydrogens (tertiary/aromatic N) is 3. The van der Waals surface area contributed by atoms with Crippen LogP contribution in [0, 0.1) is 5.92 Å². The zero-order chi connectivity index (χ0) is 10.8. The van der Waals surface area contributed by atoms with Crippen molar-refractivity contribution < 1.29 is 0 Å². The fourth-order valence-corrected chi connectivity index (χ4v) is 2.22. The predicted octanol–water partition coefficient (Wildman–Crippen LogP) is 2.12. The first kappa shape index (κ1) is 10.3. The van der Waals surface area contributed by atoms with Gasteiger partial charge in [0.05, 0.1) is 5.70 Å². The van der Waals surface area contributed by atoms with Crippen LogP contribution in [0.15, 0.2) is 19.0 Å². The molecule has 1 aliphatic heterocycles. The Bertz CT molecular complexity index is 354.